The zero-order valence-corrected chi connectivity index (χ0v) is 18.0. The van der Waals surface area contributed by atoms with Crippen LogP contribution in [0.25, 0.3) is 11.0 Å². The third-order valence-corrected chi connectivity index (χ3v) is 7.95. The molecule has 28 heavy (non-hydrogen) atoms. The number of rotatable bonds is 6. The number of benzene rings is 1. The second kappa shape index (κ2) is 8.29. The number of thioether (sulfide) groups is 1. The number of amides is 1. The molecule has 0 unspecified atom stereocenters. The van der Waals surface area contributed by atoms with E-state index < -0.39 is 15.5 Å². The number of aryl methyl sites for hydroxylation is 2. The van der Waals surface area contributed by atoms with Gasteiger partial charge in [-0.1, -0.05) is 0 Å². The van der Waals surface area contributed by atoms with Crippen molar-refractivity contribution in [3.63, 3.8) is 0 Å². The smallest absolute Gasteiger partial charge is 0.336 e. The average molecular weight is 424 g/mol. The Morgan fingerprint density at radius 1 is 1.25 bits per heavy atom. The Labute approximate surface area is 169 Å². The molecule has 3 rings (SSSR count). The molecule has 2 heterocycles. The Hall–Kier alpha value is -1.80. The lowest BCUT2D eigenvalue weighted by Gasteiger charge is -2.26. The van der Waals surface area contributed by atoms with Crippen molar-refractivity contribution in [1.82, 2.24) is 4.90 Å². The summed E-state index contributed by atoms with van der Waals surface area (Å²) in [5, 5.41) is 0.886. The highest BCUT2D eigenvalue weighted by molar-refractivity contribution is 7.99. The summed E-state index contributed by atoms with van der Waals surface area (Å²) in [6.07, 6.45) is 0.510. The van der Waals surface area contributed by atoms with E-state index >= 15 is 0 Å². The van der Waals surface area contributed by atoms with Crippen LogP contribution in [0.15, 0.2) is 27.4 Å². The topological polar surface area (TPSA) is 84.7 Å². The molecule has 1 aromatic carbocycles. The van der Waals surface area contributed by atoms with Crippen LogP contribution in [0.1, 0.15) is 30.0 Å². The first-order valence-electron chi connectivity index (χ1n) is 9.32. The standard InChI is InChI=1S/C20H25NO5S2/c1-4-21(16-5-6-28(24,25)12-16)19(22)11-27-10-15-9-20(23)26-18-8-14(3)13(2)7-17(15)18/h7-9,16H,4-6,10-12H2,1-3H3/t16-/m0/s1. The molecule has 1 amide bonds. The van der Waals surface area contributed by atoms with Crippen molar-refractivity contribution >= 4 is 38.5 Å². The molecule has 6 nitrogen and oxygen atoms in total. The minimum absolute atomic E-state index is 0.0558. The van der Waals surface area contributed by atoms with Crippen molar-refractivity contribution in [2.24, 2.45) is 0 Å². The molecule has 0 saturated carbocycles. The van der Waals surface area contributed by atoms with E-state index in [1.807, 2.05) is 32.9 Å². The summed E-state index contributed by atoms with van der Waals surface area (Å²) in [4.78, 5) is 26.2. The van der Waals surface area contributed by atoms with Gasteiger partial charge in [0.2, 0.25) is 5.91 Å². The third kappa shape index (κ3) is 4.60. The van der Waals surface area contributed by atoms with Gasteiger partial charge in [-0.05, 0) is 56.0 Å². The Kier molecular flexibility index (Phi) is 6.19. The minimum Gasteiger partial charge on any atom is -0.423 e. The normalized spacial score (nSPS) is 18.5. The van der Waals surface area contributed by atoms with E-state index in [9.17, 15) is 18.0 Å². The van der Waals surface area contributed by atoms with Crippen LogP contribution in [-0.2, 0) is 20.4 Å². The first-order chi connectivity index (χ1) is 13.2. The highest BCUT2D eigenvalue weighted by Gasteiger charge is 2.33. The Bertz CT molecular complexity index is 1060. The number of hydrogen-bond acceptors (Lipinski definition) is 6. The van der Waals surface area contributed by atoms with Crippen LogP contribution in [0.4, 0.5) is 0 Å². The number of carbonyl (C=O) groups excluding carboxylic acids is 1. The maximum absolute atomic E-state index is 12.6. The predicted molar refractivity (Wildman–Crippen MR) is 113 cm³/mol. The zero-order chi connectivity index (χ0) is 20.5. The lowest BCUT2D eigenvalue weighted by molar-refractivity contribution is -0.129. The van der Waals surface area contributed by atoms with Gasteiger partial charge in [0, 0.05) is 29.8 Å². The van der Waals surface area contributed by atoms with Crippen LogP contribution in [0, 0.1) is 13.8 Å². The fraction of sp³-hybridized carbons (Fsp3) is 0.500. The van der Waals surface area contributed by atoms with Crippen LogP contribution in [0.3, 0.4) is 0 Å². The first kappa shape index (κ1) is 20.9. The van der Waals surface area contributed by atoms with Gasteiger partial charge in [0.1, 0.15) is 5.58 Å². The van der Waals surface area contributed by atoms with Crippen molar-refractivity contribution in [2.75, 3.05) is 23.8 Å². The molecule has 1 saturated heterocycles. The SMILES string of the molecule is CCN(C(=O)CSCc1cc(=O)oc2cc(C)c(C)cc12)[C@H]1CCS(=O)(=O)C1. The van der Waals surface area contributed by atoms with Gasteiger partial charge in [-0.25, -0.2) is 13.2 Å². The van der Waals surface area contributed by atoms with Gasteiger partial charge in [0.25, 0.3) is 0 Å². The molecule has 0 spiro atoms. The van der Waals surface area contributed by atoms with Gasteiger partial charge in [0.15, 0.2) is 9.84 Å². The van der Waals surface area contributed by atoms with Crippen molar-refractivity contribution in [3.05, 3.63) is 45.3 Å². The zero-order valence-electron chi connectivity index (χ0n) is 16.4. The number of nitrogens with zero attached hydrogens (tertiary/aromatic N) is 1. The molecule has 1 atom stereocenters. The molecule has 1 aromatic heterocycles. The second-order valence-corrected chi connectivity index (χ2v) is 10.5. The summed E-state index contributed by atoms with van der Waals surface area (Å²) in [7, 11) is -3.03. The monoisotopic (exact) mass is 423 g/mol. The maximum Gasteiger partial charge on any atom is 0.336 e. The lowest BCUT2D eigenvalue weighted by Crippen LogP contribution is -2.41. The van der Waals surface area contributed by atoms with Crippen LogP contribution >= 0.6 is 11.8 Å². The van der Waals surface area contributed by atoms with E-state index in [0.29, 0.717) is 24.3 Å². The Balaban J connectivity index is 1.70. The quantitative estimate of drug-likeness (QED) is 0.664. The summed E-state index contributed by atoms with van der Waals surface area (Å²) in [6.45, 7) is 6.34. The molecular weight excluding hydrogens is 398 g/mol. The van der Waals surface area contributed by atoms with E-state index in [4.69, 9.17) is 4.42 Å². The fourth-order valence-corrected chi connectivity index (χ4v) is 6.22. The number of fused-ring (bicyclic) bond motifs is 1. The molecule has 0 aliphatic carbocycles. The van der Waals surface area contributed by atoms with Crippen LogP contribution in [0.2, 0.25) is 0 Å². The van der Waals surface area contributed by atoms with Gasteiger partial charge < -0.3 is 9.32 Å². The first-order valence-corrected chi connectivity index (χ1v) is 12.3. The fourth-order valence-electron chi connectivity index (χ4n) is 3.59. The van der Waals surface area contributed by atoms with Gasteiger partial charge in [0.05, 0.1) is 17.3 Å². The van der Waals surface area contributed by atoms with Crippen molar-refractivity contribution in [1.29, 1.82) is 0 Å². The molecule has 1 aliphatic heterocycles. The van der Waals surface area contributed by atoms with Gasteiger partial charge >= 0.3 is 5.63 Å². The van der Waals surface area contributed by atoms with Gasteiger partial charge in [-0.3, -0.25) is 4.79 Å². The summed E-state index contributed by atoms with van der Waals surface area (Å²) in [6, 6.07) is 5.13. The van der Waals surface area contributed by atoms with Crippen molar-refractivity contribution in [3.8, 4) is 0 Å². The molecule has 1 fully saturated rings. The van der Waals surface area contributed by atoms with E-state index in [1.54, 1.807) is 4.90 Å². The highest BCUT2D eigenvalue weighted by atomic mass is 32.2. The minimum atomic E-state index is -3.03. The summed E-state index contributed by atoms with van der Waals surface area (Å²) in [5.41, 5.74) is 3.18. The lowest BCUT2D eigenvalue weighted by atomic mass is 10.0. The molecule has 0 N–H and O–H groups in total. The van der Waals surface area contributed by atoms with Crippen LogP contribution < -0.4 is 5.63 Å². The molecule has 152 valence electrons. The summed E-state index contributed by atoms with van der Waals surface area (Å²) >= 11 is 1.43. The third-order valence-electron chi connectivity index (χ3n) is 5.24. The molecular formula is C20H25NO5S2. The van der Waals surface area contributed by atoms with E-state index in [2.05, 4.69) is 0 Å². The van der Waals surface area contributed by atoms with Crippen molar-refractivity contribution < 1.29 is 17.6 Å². The van der Waals surface area contributed by atoms with Gasteiger partial charge in [-0.2, -0.15) is 0 Å². The van der Waals surface area contributed by atoms with Crippen LogP contribution in [-0.4, -0.2) is 49.1 Å². The van der Waals surface area contributed by atoms with E-state index in [0.717, 1.165) is 22.1 Å². The van der Waals surface area contributed by atoms with E-state index in [-0.39, 0.29) is 29.2 Å². The average Bonchev–Trinajstić information content (AvgIpc) is 2.96. The molecule has 2 aromatic rings. The molecule has 0 bridgehead atoms. The molecule has 8 heteroatoms. The molecule has 0 radical (unpaired) electrons. The Morgan fingerprint density at radius 2 is 1.96 bits per heavy atom. The number of carbonyl (C=O) groups is 1. The number of sulfone groups is 1. The van der Waals surface area contributed by atoms with Gasteiger partial charge in [-0.15, -0.1) is 11.8 Å². The second-order valence-electron chi connectivity index (χ2n) is 7.25. The number of hydrogen-bond donors (Lipinski definition) is 0. The Morgan fingerprint density at radius 3 is 2.61 bits per heavy atom. The summed E-state index contributed by atoms with van der Waals surface area (Å²) in [5.74, 6) is 0.904. The highest BCUT2D eigenvalue weighted by Crippen LogP contribution is 2.25. The largest absolute Gasteiger partial charge is 0.423 e. The van der Waals surface area contributed by atoms with Crippen molar-refractivity contribution in [2.45, 2.75) is 39.0 Å². The molecule has 1 aliphatic rings. The van der Waals surface area contributed by atoms with Crippen LogP contribution in [0.5, 0.6) is 0 Å². The van der Waals surface area contributed by atoms with E-state index in [1.165, 1.54) is 17.8 Å². The summed E-state index contributed by atoms with van der Waals surface area (Å²) < 4.78 is 28.7. The predicted octanol–water partition coefficient (Wildman–Crippen LogP) is 2.68. The maximum atomic E-state index is 12.6.